The van der Waals surface area contributed by atoms with Crippen LogP contribution in [0.4, 0.5) is 5.82 Å². The molecule has 1 aliphatic carbocycles. The van der Waals surface area contributed by atoms with Gasteiger partial charge in [-0.2, -0.15) is 0 Å². The number of aromatic nitrogens is 1. The van der Waals surface area contributed by atoms with E-state index < -0.39 is 18.0 Å². The summed E-state index contributed by atoms with van der Waals surface area (Å²) in [5, 5.41) is 15.6. The van der Waals surface area contributed by atoms with Crippen molar-refractivity contribution in [1.29, 1.82) is 0 Å². The molecule has 2 amide bonds. The van der Waals surface area contributed by atoms with Gasteiger partial charge in [0.25, 0.3) is 0 Å². The summed E-state index contributed by atoms with van der Waals surface area (Å²) in [5.74, 6) is -2.24. The van der Waals surface area contributed by atoms with Crippen LogP contribution in [0.1, 0.15) is 84.0 Å². The number of rotatable bonds is 16. The number of amides is 2. The highest BCUT2D eigenvalue weighted by Crippen LogP contribution is 2.38. The highest BCUT2D eigenvalue weighted by atomic mass is 16.5. The normalized spacial score (nSPS) is 20.6. The number of carboxylic acid groups (broad SMARTS) is 2. The second-order valence-electron chi connectivity index (χ2n) is 12.3. The lowest BCUT2D eigenvalue weighted by atomic mass is 9.81. The first-order valence-corrected chi connectivity index (χ1v) is 16.8. The van der Waals surface area contributed by atoms with Crippen molar-refractivity contribution in [2.45, 2.75) is 90.1 Å². The second kappa shape index (κ2) is 19.7. The Hall–Kier alpha value is -3.80. The van der Waals surface area contributed by atoms with E-state index in [1.807, 2.05) is 24.4 Å². The number of carbonyl (C=O) groups excluding carboxylic acids is 3. The fourth-order valence-corrected chi connectivity index (χ4v) is 6.35. The van der Waals surface area contributed by atoms with Crippen molar-refractivity contribution in [3.63, 3.8) is 0 Å². The molecule has 2 saturated heterocycles. The van der Waals surface area contributed by atoms with Gasteiger partial charge in [-0.25, -0.2) is 14.6 Å². The number of likely N-dealkylation sites (tertiary alicyclic amines) is 1. The van der Waals surface area contributed by atoms with Crippen LogP contribution in [0.5, 0.6) is 0 Å². The highest BCUT2D eigenvalue weighted by molar-refractivity contribution is 6.05. The Balaban J connectivity index is 0.000000637. The lowest BCUT2D eigenvalue weighted by Gasteiger charge is -2.37. The van der Waals surface area contributed by atoms with Gasteiger partial charge in [0, 0.05) is 57.5 Å². The first-order valence-electron chi connectivity index (χ1n) is 16.8. The van der Waals surface area contributed by atoms with Crippen LogP contribution in [-0.4, -0.2) is 100 Å². The largest absolute Gasteiger partial charge is 0.478 e. The number of aliphatic carboxylic acids is 2. The molecule has 2 N–H and O–H groups in total. The number of anilines is 1. The summed E-state index contributed by atoms with van der Waals surface area (Å²) in [6, 6.07) is 5.94. The van der Waals surface area contributed by atoms with Gasteiger partial charge in [-0.3, -0.25) is 24.2 Å². The van der Waals surface area contributed by atoms with E-state index in [-0.39, 0.29) is 36.2 Å². The smallest absolute Gasteiger partial charge is 0.328 e. The monoisotopic (exact) mass is 642 g/mol. The van der Waals surface area contributed by atoms with Crippen LogP contribution in [0.3, 0.4) is 0 Å². The van der Waals surface area contributed by atoms with Gasteiger partial charge in [0.1, 0.15) is 11.9 Å². The third-order valence-corrected chi connectivity index (χ3v) is 8.78. The molecule has 3 unspecified atom stereocenters. The molecule has 3 aliphatic rings. The molecular formula is C34H50N4O8. The van der Waals surface area contributed by atoms with E-state index in [9.17, 15) is 24.0 Å². The Kier molecular flexibility index (Phi) is 15.7. The maximum Gasteiger partial charge on any atom is 0.328 e. The molecule has 3 fully saturated rings. The van der Waals surface area contributed by atoms with Gasteiger partial charge in [0.15, 0.2) is 0 Å². The number of hydrogen-bond acceptors (Lipinski definition) is 9. The van der Waals surface area contributed by atoms with Crippen molar-refractivity contribution in [2.24, 2.45) is 11.8 Å². The Morgan fingerprint density at radius 3 is 2.00 bits per heavy atom. The summed E-state index contributed by atoms with van der Waals surface area (Å²) < 4.78 is 5.97. The number of carbonyl (C=O) groups is 5. The maximum absolute atomic E-state index is 13.1. The molecule has 4 rings (SSSR count). The first-order chi connectivity index (χ1) is 22.2. The minimum Gasteiger partial charge on any atom is -0.478 e. The quantitative estimate of drug-likeness (QED) is 0.116. The molecule has 46 heavy (non-hydrogen) atoms. The molecule has 3 atom stereocenters. The Morgan fingerprint density at radius 2 is 1.46 bits per heavy atom. The lowest BCUT2D eigenvalue weighted by molar-refractivity contribution is -0.155. The minimum atomic E-state index is -1.26. The van der Waals surface area contributed by atoms with E-state index in [0.717, 1.165) is 76.9 Å². The number of unbranched alkanes of at least 4 members (excludes halogenated alkanes) is 6. The van der Waals surface area contributed by atoms with Gasteiger partial charge in [-0.1, -0.05) is 64.4 Å². The van der Waals surface area contributed by atoms with Crippen LogP contribution in [0, 0.1) is 11.8 Å². The molecule has 2 aliphatic heterocycles. The number of fused-ring (bicyclic) bond motifs is 1. The number of nitrogens with zero attached hydrogens (tertiary/aromatic N) is 4. The van der Waals surface area contributed by atoms with E-state index in [2.05, 4.69) is 21.7 Å². The SMILES string of the molecule is CCCCCCCCCC(=O)OC(CN1CCN(c2ccccn2)CC1)CN1C(=O)C2CCCCC2C1=O.O=C(O)/C=C\C(=O)O. The molecule has 0 spiro atoms. The molecule has 254 valence electrons. The first kappa shape index (κ1) is 36.7. The van der Waals surface area contributed by atoms with E-state index in [1.54, 1.807) is 0 Å². The van der Waals surface area contributed by atoms with Crippen molar-refractivity contribution in [1.82, 2.24) is 14.8 Å². The molecule has 1 aromatic rings. The van der Waals surface area contributed by atoms with E-state index in [4.69, 9.17) is 14.9 Å². The summed E-state index contributed by atoms with van der Waals surface area (Å²) in [6.07, 6.45) is 14.4. The van der Waals surface area contributed by atoms with Crippen molar-refractivity contribution >= 4 is 35.5 Å². The third kappa shape index (κ3) is 12.2. The number of esters is 1. The summed E-state index contributed by atoms with van der Waals surface area (Å²) in [5.41, 5.74) is 0. The van der Waals surface area contributed by atoms with Crippen LogP contribution in [0.2, 0.25) is 0 Å². The Morgan fingerprint density at radius 1 is 0.870 bits per heavy atom. The van der Waals surface area contributed by atoms with Crippen LogP contribution < -0.4 is 4.90 Å². The number of imide groups is 1. The van der Waals surface area contributed by atoms with Gasteiger partial charge < -0.3 is 19.8 Å². The predicted octanol–water partition coefficient (Wildman–Crippen LogP) is 4.14. The van der Waals surface area contributed by atoms with Crippen LogP contribution in [-0.2, 0) is 28.7 Å². The fraction of sp³-hybridized carbons (Fsp3) is 0.647. The zero-order chi connectivity index (χ0) is 33.3. The number of ether oxygens (including phenoxy) is 1. The van der Waals surface area contributed by atoms with Crippen molar-refractivity contribution in [3.8, 4) is 0 Å². The van der Waals surface area contributed by atoms with E-state index >= 15 is 0 Å². The number of piperazine rings is 1. The average Bonchev–Trinajstić information content (AvgIpc) is 3.29. The summed E-state index contributed by atoms with van der Waals surface area (Å²) in [4.78, 5) is 68.6. The topological polar surface area (TPSA) is 158 Å². The molecule has 3 heterocycles. The van der Waals surface area contributed by atoms with Gasteiger partial charge >= 0.3 is 17.9 Å². The fourth-order valence-electron chi connectivity index (χ4n) is 6.35. The van der Waals surface area contributed by atoms with Gasteiger partial charge in [-0.05, 0) is 31.4 Å². The number of hydrogen-bond donors (Lipinski definition) is 2. The van der Waals surface area contributed by atoms with Crippen molar-refractivity contribution in [2.75, 3.05) is 44.2 Å². The second-order valence-corrected chi connectivity index (χ2v) is 12.3. The lowest BCUT2D eigenvalue weighted by Crippen LogP contribution is -2.51. The molecule has 1 saturated carbocycles. The Labute approximate surface area is 271 Å². The van der Waals surface area contributed by atoms with Gasteiger partial charge in [-0.15, -0.1) is 0 Å². The highest BCUT2D eigenvalue weighted by Gasteiger charge is 2.48. The van der Waals surface area contributed by atoms with Crippen LogP contribution in [0.25, 0.3) is 0 Å². The zero-order valence-corrected chi connectivity index (χ0v) is 27.1. The van der Waals surface area contributed by atoms with Crippen molar-refractivity contribution < 1.29 is 38.9 Å². The summed E-state index contributed by atoms with van der Waals surface area (Å²) in [6.45, 7) is 6.22. The Bertz CT molecular complexity index is 1130. The van der Waals surface area contributed by atoms with E-state index in [1.165, 1.54) is 30.6 Å². The standard InChI is InChI=1S/C30H46N4O4.C4H4O4/c1-2-3-4-5-6-7-8-16-28(35)38-24(23-34-29(36)25-13-9-10-14-26(25)30(34)37)22-32-18-20-33(21-19-32)27-15-11-12-17-31-27;5-3(6)1-2-4(7)8/h11-12,15,17,24-26H,2-10,13-14,16,18-23H2,1H3;1-2H,(H,5,6)(H,7,8)/b;2-1-. The number of carboxylic acids is 2. The third-order valence-electron chi connectivity index (χ3n) is 8.78. The maximum atomic E-state index is 13.1. The molecule has 1 aromatic heterocycles. The minimum absolute atomic E-state index is 0.0622. The molecule has 0 radical (unpaired) electrons. The van der Waals surface area contributed by atoms with Gasteiger partial charge in [0.2, 0.25) is 11.8 Å². The molecule has 12 heteroatoms. The summed E-state index contributed by atoms with van der Waals surface area (Å²) in [7, 11) is 0. The zero-order valence-electron chi connectivity index (χ0n) is 27.1. The predicted molar refractivity (Wildman–Crippen MR) is 172 cm³/mol. The van der Waals surface area contributed by atoms with Crippen LogP contribution in [0.15, 0.2) is 36.5 Å². The molecule has 12 nitrogen and oxygen atoms in total. The average molecular weight is 643 g/mol. The summed E-state index contributed by atoms with van der Waals surface area (Å²) >= 11 is 0. The van der Waals surface area contributed by atoms with Crippen molar-refractivity contribution in [3.05, 3.63) is 36.5 Å². The molecular weight excluding hydrogens is 592 g/mol. The van der Waals surface area contributed by atoms with Gasteiger partial charge in [0.05, 0.1) is 18.4 Å². The van der Waals surface area contributed by atoms with E-state index in [0.29, 0.717) is 25.1 Å². The number of pyridine rings is 1. The molecule has 0 aromatic carbocycles. The van der Waals surface area contributed by atoms with Crippen LogP contribution >= 0.6 is 0 Å². The molecule has 0 bridgehead atoms.